The Kier molecular flexibility index (Phi) is 6.00. The van der Waals surface area contributed by atoms with E-state index >= 15 is 0 Å². The summed E-state index contributed by atoms with van der Waals surface area (Å²) in [6, 6.07) is 8.12. The second-order valence-electron chi connectivity index (χ2n) is 6.52. The van der Waals surface area contributed by atoms with Gasteiger partial charge in [-0.2, -0.15) is 0 Å². The van der Waals surface area contributed by atoms with Gasteiger partial charge in [-0.25, -0.2) is 4.98 Å². The SMILES string of the molecule is CCCc1nnc(NC(=O)CSc2nnc3c4ccccc4n(CCC)c3n2)s1. The minimum absolute atomic E-state index is 0.160. The summed E-state index contributed by atoms with van der Waals surface area (Å²) in [5.41, 5.74) is 2.70. The second kappa shape index (κ2) is 8.83. The smallest absolute Gasteiger partial charge is 0.236 e. The fourth-order valence-electron chi connectivity index (χ4n) is 3.10. The number of benzene rings is 1. The molecule has 0 atom stereocenters. The van der Waals surface area contributed by atoms with E-state index in [1.54, 1.807) is 0 Å². The molecule has 0 radical (unpaired) electrons. The molecule has 0 aliphatic carbocycles. The lowest BCUT2D eigenvalue weighted by molar-refractivity contribution is -0.113. The summed E-state index contributed by atoms with van der Waals surface area (Å²) in [7, 11) is 0. The number of anilines is 1. The lowest BCUT2D eigenvalue weighted by Gasteiger charge is -2.04. The summed E-state index contributed by atoms with van der Waals surface area (Å²) in [5.74, 6) is 0.0242. The molecule has 4 aromatic rings. The Bertz CT molecular complexity index is 1150. The molecule has 1 aromatic carbocycles. The first-order valence-electron chi connectivity index (χ1n) is 9.56. The van der Waals surface area contributed by atoms with Crippen molar-refractivity contribution in [1.29, 1.82) is 0 Å². The van der Waals surface area contributed by atoms with Crippen molar-refractivity contribution in [3.8, 4) is 0 Å². The van der Waals surface area contributed by atoms with Gasteiger partial charge in [0, 0.05) is 18.4 Å². The fourth-order valence-corrected chi connectivity index (χ4v) is 4.54. The normalized spacial score (nSPS) is 11.4. The number of rotatable bonds is 8. The van der Waals surface area contributed by atoms with Gasteiger partial charge in [-0.1, -0.05) is 55.1 Å². The number of aromatic nitrogens is 6. The Morgan fingerprint density at radius 1 is 1.14 bits per heavy atom. The van der Waals surface area contributed by atoms with Crippen molar-refractivity contribution >= 4 is 56.2 Å². The van der Waals surface area contributed by atoms with E-state index in [4.69, 9.17) is 0 Å². The minimum Gasteiger partial charge on any atom is -0.324 e. The number of carbonyl (C=O) groups excluding carboxylic acids is 1. The van der Waals surface area contributed by atoms with Gasteiger partial charge in [0.05, 0.1) is 11.3 Å². The van der Waals surface area contributed by atoms with Gasteiger partial charge in [0.15, 0.2) is 5.65 Å². The third kappa shape index (κ3) is 4.23. The predicted octanol–water partition coefficient (Wildman–Crippen LogP) is 3.92. The average Bonchev–Trinajstić information content (AvgIpc) is 3.29. The molecule has 0 fully saturated rings. The molecule has 29 heavy (non-hydrogen) atoms. The van der Waals surface area contributed by atoms with Crippen LogP contribution in [-0.2, 0) is 17.8 Å². The lowest BCUT2D eigenvalue weighted by Crippen LogP contribution is -2.14. The number of aryl methyl sites for hydroxylation is 2. The van der Waals surface area contributed by atoms with Crippen molar-refractivity contribution in [1.82, 2.24) is 29.9 Å². The molecule has 4 rings (SSSR count). The molecule has 10 heteroatoms. The van der Waals surface area contributed by atoms with Crippen molar-refractivity contribution in [2.45, 2.75) is 44.8 Å². The molecule has 0 spiro atoms. The average molecular weight is 428 g/mol. The highest BCUT2D eigenvalue weighted by atomic mass is 32.2. The van der Waals surface area contributed by atoms with Gasteiger partial charge in [-0.3, -0.25) is 10.1 Å². The van der Waals surface area contributed by atoms with E-state index in [2.05, 4.69) is 55.2 Å². The Morgan fingerprint density at radius 3 is 2.83 bits per heavy atom. The van der Waals surface area contributed by atoms with E-state index in [1.165, 1.54) is 23.1 Å². The van der Waals surface area contributed by atoms with E-state index in [-0.39, 0.29) is 11.7 Å². The third-order valence-corrected chi connectivity index (χ3v) is 6.05. The van der Waals surface area contributed by atoms with Crippen LogP contribution in [0.3, 0.4) is 0 Å². The predicted molar refractivity (Wildman–Crippen MR) is 116 cm³/mol. The van der Waals surface area contributed by atoms with Crippen molar-refractivity contribution in [2.24, 2.45) is 0 Å². The molecule has 0 unspecified atom stereocenters. The Labute approximate surface area is 176 Å². The van der Waals surface area contributed by atoms with Crippen LogP contribution in [0.15, 0.2) is 29.4 Å². The molecule has 0 bridgehead atoms. The number of hydrogen-bond donors (Lipinski definition) is 1. The van der Waals surface area contributed by atoms with Gasteiger partial charge in [0.2, 0.25) is 16.2 Å². The van der Waals surface area contributed by atoms with Gasteiger partial charge in [-0.15, -0.1) is 20.4 Å². The molecule has 0 saturated carbocycles. The second-order valence-corrected chi connectivity index (χ2v) is 8.53. The van der Waals surface area contributed by atoms with Crippen LogP contribution in [0.25, 0.3) is 22.1 Å². The van der Waals surface area contributed by atoms with Crippen LogP contribution in [0, 0.1) is 0 Å². The van der Waals surface area contributed by atoms with Crippen LogP contribution < -0.4 is 5.32 Å². The zero-order valence-corrected chi connectivity index (χ0v) is 17.9. The molecule has 3 aromatic heterocycles. The highest BCUT2D eigenvalue weighted by Gasteiger charge is 2.15. The van der Waals surface area contributed by atoms with E-state index in [9.17, 15) is 4.79 Å². The molecular weight excluding hydrogens is 406 g/mol. The lowest BCUT2D eigenvalue weighted by atomic mass is 10.2. The van der Waals surface area contributed by atoms with Gasteiger partial charge in [-0.05, 0) is 18.9 Å². The van der Waals surface area contributed by atoms with Crippen LogP contribution in [0.5, 0.6) is 0 Å². The van der Waals surface area contributed by atoms with Crippen LogP contribution in [-0.4, -0.2) is 41.6 Å². The van der Waals surface area contributed by atoms with Crippen molar-refractivity contribution in [3.05, 3.63) is 29.3 Å². The molecule has 8 nitrogen and oxygen atoms in total. The van der Waals surface area contributed by atoms with Crippen LogP contribution in [0.1, 0.15) is 31.7 Å². The fraction of sp³-hybridized carbons (Fsp3) is 0.368. The number of fused-ring (bicyclic) bond motifs is 3. The van der Waals surface area contributed by atoms with Gasteiger partial charge in [0.1, 0.15) is 10.5 Å². The molecule has 1 N–H and O–H groups in total. The van der Waals surface area contributed by atoms with Crippen molar-refractivity contribution in [3.63, 3.8) is 0 Å². The zero-order valence-electron chi connectivity index (χ0n) is 16.3. The highest BCUT2D eigenvalue weighted by molar-refractivity contribution is 7.99. The number of nitrogens with one attached hydrogen (secondary N) is 1. The molecule has 1 amide bonds. The summed E-state index contributed by atoms with van der Waals surface area (Å²) < 4.78 is 2.17. The maximum Gasteiger partial charge on any atom is 0.236 e. The minimum atomic E-state index is -0.160. The standard InChI is InChI=1S/C19H21N7OS2/c1-3-7-15-22-25-19(29-15)20-14(27)11-28-18-21-17-16(23-24-18)12-8-5-6-9-13(12)26(17)10-4-2/h5-6,8-9H,3-4,7,10-11H2,1-2H3,(H,20,25,27). The first kappa shape index (κ1) is 19.7. The number of hydrogen-bond acceptors (Lipinski definition) is 8. The highest BCUT2D eigenvalue weighted by Crippen LogP contribution is 2.27. The van der Waals surface area contributed by atoms with Crippen LogP contribution in [0.4, 0.5) is 5.13 Å². The monoisotopic (exact) mass is 427 g/mol. The Morgan fingerprint density at radius 2 is 2.00 bits per heavy atom. The Hall–Kier alpha value is -2.59. The van der Waals surface area contributed by atoms with E-state index in [0.29, 0.717) is 10.3 Å². The summed E-state index contributed by atoms with van der Waals surface area (Å²) >= 11 is 2.67. The van der Waals surface area contributed by atoms with Crippen LogP contribution >= 0.6 is 23.1 Å². The van der Waals surface area contributed by atoms with E-state index < -0.39 is 0 Å². The summed E-state index contributed by atoms with van der Waals surface area (Å²) in [4.78, 5) is 16.9. The van der Waals surface area contributed by atoms with E-state index in [0.717, 1.165) is 52.9 Å². The number of amides is 1. The topological polar surface area (TPSA) is 98.5 Å². The van der Waals surface area contributed by atoms with Gasteiger partial charge >= 0.3 is 0 Å². The first-order valence-corrected chi connectivity index (χ1v) is 11.4. The quantitative estimate of drug-likeness (QED) is 0.425. The molecule has 0 aliphatic heterocycles. The third-order valence-electron chi connectivity index (χ3n) is 4.31. The number of carbonyl (C=O) groups is 1. The number of nitrogens with zero attached hydrogens (tertiary/aromatic N) is 6. The number of para-hydroxylation sites is 1. The Balaban J connectivity index is 1.50. The van der Waals surface area contributed by atoms with Gasteiger partial charge < -0.3 is 4.57 Å². The first-order chi connectivity index (χ1) is 14.2. The van der Waals surface area contributed by atoms with Crippen LogP contribution in [0.2, 0.25) is 0 Å². The maximum atomic E-state index is 12.3. The van der Waals surface area contributed by atoms with Gasteiger partial charge in [0.25, 0.3) is 0 Å². The summed E-state index contributed by atoms with van der Waals surface area (Å²) in [5, 5.41) is 22.5. The molecular formula is C19H21N7OS2. The number of thioether (sulfide) groups is 1. The van der Waals surface area contributed by atoms with Crippen molar-refractivity contribution in [2.75, 3.05) is 11.1 Å². The molecule has 3 heterocycles. The molecule has 0 saturated heterocycles. The molecule has 150 valence electrons. The molecule has 0 aliphatic rings. The zero-order chi connectivity index (χ0) is 20.2. The maximum absolute atomic E-state index is 12.3. The van der Waals surface area contributed by atoms with E-state index in [1.807, 2.05) is 18.2 Å². The summed E-state index contributed by atoms with van der Waals surface area (Å²) in [6.45, 7) is 5.07. The largest absolute Gasteiger partial charge is 0.324 e. The van der Waals surface area contributed by atoms with Crippen molar-refractivity contribution < 1.29 is 4.79 Å². The summed E-state index contributed by atoms with van der Waals surface area (Å²) in [6.07, 6.45) is 2.86.